The molecule has 1 aromatic carbocycles. The summed E-state index contributed by atoms with van der Waals surface area (Å²) in [5.74, 6) is -0.775. The Morgan fingerprint density at radius 1 is 1.38 bits per heavy atom. The summed E-state index contributed by atoms with van der Waals surface area (Å²) in [6.45, 7) is 3.58. The number of hydrogen-bond acceptors (Lipinski definition) is 6. The monoisotopic (exact) mass is 351 g/mol. The normalized spacial score (nSPS) is 17.3. The van der Waals surface area contributed by atoms with Gasteiger partial charge in [0.25, 0.3) is 11.1 Å². The zero-order chi connectivity index (χ0) is 17.9. The third kappa shape index (κ3) is 3.88. The predicted molar refractivity (Wildman–Crippen MR) is 89.1 cm³/mol. The summed E-state index contributed by atoms with van der Waals surface area (Å²) in [6.07, 6.45) is 0.563. The van der Waals surface area contributed by atoms with Crippen LogP contribution in [0.4, 0.5) is 4.79 Å². The Kier molecular flexibility index (Phi) is 5.50. The number of nitrogens with zero attached hydrogens (tertiary/aromatic N) is 1. The van der Waals surface area contributed by atoms with Gasteiger partial charge in [-0.25, -0.2) is 4.79 Å². The van der Waals surface area contributed by atoms with Gasteiger partial charge < -0.3 is 14.6 Å². The standard InChI is InChI=1S/C16H17NO6S/c1-4-22-12-7-10(5-6-11(12)23-9(2)15(19)20)8-13-14(18)17(3)16(21)24-13/h5-9H,4H2,1-3H3,(H,19,20)/b13-8-/t9-/m0/s1. The van der Waals surface area contributed by atoms with Crippen LogP contribution in [0.1, 0.15) is 19.4 Å². The summed E-state index contributed by atoms with van der Waals surface area (Å²) in [5, 5.41) is 8.61. The first kappa shape index (κ1) is 17.9. The minimum atomic E-state index is -1.09. The largest absolute Gasteiger partial charge is 0.490 e. The highest BCUT2D eigenvalue weighted by Gasteiger charge is 2.31. The van der Waals surface area contributed by atoms with Crippen molar-refractivity contribution in [3.05, 3.63) is 28.7 Å². The molecule has 1 heterocycles. The molecule has 0 unspecified atom stereocenters. The Morgan fingerprint density at radius 2 is 2.08 bits per heavy atom. The van der Waals surface area contributed by atoms with Crippen molar-refractivity contribution in [1.29, 1.82) is 0 Å². The van der Waals surface area contributed by atoms with Crippen molar-refractivity contribution in [2.24, 2.45) is 0 Å². The molecular weight excluding hydrogens is 334 g/mol. The Labute approximate surface area is 143 Å². The van der Waals surface area contributed by atoms with Crippen LogP contribution in [0.25, 0.3) is 6.08 Å². The van der Waals surface area contributed by atoms with Gasteiger partial charge in [-0.2, -0.15) is 0 Å². The molecule has 0 spiro atoms. The first-order valence-electron chi connectivity index (χ1n) is 7.21. The van der Waals surface area contributed by atoms with E-state index in [1.54, 1.807) is 31.2 Å². The van der Waals surface area contributed by atoms with E-state index in [1.165, 1.54) is 14.0 Å². The molecule has 0 bridgehead atoms. The van der Waals surface area contributed by atoms with Crippen molar-refractivity contribution in [3.8, 4) is 11.5 Å². The highest BCUT2D eigenvalue weighted by Crippen LogP contribution is 2.34. The maximum atomic E-state index is 11.9. The van der Waals surface area contributed by atoms with E-state index < -0.39 is 12.1 Å². The smallest absolute Gasteiger partial charge is 0.344 e. The lowest BCUT2D eigenvalue weighted by atomic mass is 10.2. The number of amides is 2. The average Bonchev–Trinajstić information content (AvgIpc) is 2.77. The zero-order valence-corrected chi connectivity index (χ0v) is 14.3. The Balaban J connectivity index is 2.30. The van der Waals surface area contributed by atoms with Gasteiger partial charge in [-0.1, -0.05) is 6.07 Å². The van der Waals surface area contributed by atoms with E-state index in [2.05, 4.69) is 0 Å². The summed E-state index contributed by atoms with van der Waals surface area (Å²) in [6, 6.07) is 4.87. The maximum absolute atomic E-state index is 11.9. The maximum Gasteiger partial charge on any atom is 0.344 e. The van der Waals surface area contributed by atoms with Crippen LogP contribution in [0.2, 0.25) is 0 Å². The van der Waals surface area contributed by atoms with E-state index in [1.807, 2.05) is 0 Å². The number of benzene rings is 1. The van der Waals surface area contributed by atoms with Gasteiger partial charge in [0.05, 0.1) is 11.5 Å². The summed E-state index contributed by atoms with van der Waals surface area (Å²) in [7, 11) is 1.42. The van der Waals surface area contributed by atoms with Gasteiger partial charge in [-0.15, -0.1) is 0 Å². The first-order valence-corrected chi connectivity index (χ1v) is 8.03. The van der Waals surface area contributed by atoms with Gasteiger partial charge in [-0.3, -0.25) is 14.5 Å². The van der Waals surface area contributed by atoms with E-state index >= 15 is 0 Å². The van der Waals surface area contributed by atoms with Crippen LogP contribution >= 0.6 is 11.8 Å². The molecule has 24 heavy (non-hydrogen) atoms. The van der Waals surface area contributed by atoms with Crippen molar-refractivity contribution in [1.82, 2.24) is 4.90 Å². The van der Waals surface area contributed by atoms with Gasteiger partial charge in [-0.05, 0) is 49.4 Å². The number of thioether (sulfide) groups is 1. The number of ether oxygens (including phenoxy) is 2. The minimum absolute atomic E-state index is 0.299. The van der Waals surface area contributed by atoms with Crippen molar-refractivity contribution >= 4 is 35.0 Å². The molecule has 2 amide bonds. The zero-order valence-electron chi connectivity index (χ0n) is 13.4. The molecule has 1 N–H and O–H groups in total. The number of carbonyl (C=O) groups is 3. The fourth-order valence-corrected chi connectivity index (χ4v) is 2.75. The highest BCUT2D eigenvalue weighted by atomic mass is 32.2. The summed E-state index contributed by atoms with van der Waals surface area (Å²) in [5.41, 5.74) is 0.646. The number of hydrogen-bond donors (Lipinski definition) is 1. The molecule has 1 fully saturated rings. The Bertz CT molecular complexity index is 715. The molecule has 0 aliphatic carbocycles. The first-order chi connectivity index (χ1) is 11.3. The average molecular weight is 351 g/mol. The highest BCUT2D eigenvalue weighted by molar-refractivity contribution is 8.18. The molecule has 1 aliphatic rings. The molecule has 1 atom stereocenters. The molecule has 1 saturated heterocycles. The van der Waals surface area contributed by atoms with E-state index in [-0.39, 0.29) is 11.1 Å². The molecule has 1 aromatic rings. The second kappa shape index (κ2) is 7.39. The van der Waals surface area contributed by atoms with Gasteiger partial charge >= 0.3 is 5.97 Å². The lowest BCUT2D eigenvalue weighted by Crippen LogP contribution is -2.23. The van der Waals surface area contributed by atoms with Crippen LogP contribution in [0.5, 0.6) is 11.5 Å². The number of carboxylic acid groups (broad SMARTS) is 1. The molecule has 128 valence electrons. The van der Waals surface area contributed by atoms with Crippen LogP contribution in [0.3, 0.4) is 0 Å². The molecule has 8 heteroatoms. The van der Waals surface area contributed by atoms with Crippen molar-refractivity contribution in [2.75, 3.05) is 13.7 Å². The van der Waals surface area contributed by atoms with Gasteiger partial charge in [0.15, 0.2) is 17.6 Å². The number of imide groups is 1. The van der Waals surface area contributed by atoms with Gasteiger partial charge in [0.1, 0.15) is 0 Å². The second-order valence-electron chi connectivity index (χ2n) is 4.98. The van der Waals surface area contributed by atoms with Crippen LogP contribution in [-0.4, -0.2) is 46.9 Å². The number of likely N-dealkylation sites (N-methyl/N-ethyl adjacent to an activating group) is 1. The molecule has 7 nitrogen and oxygen atoms in total. The SMILES string of the molecule is CCOc1cc(/C=C2\SC(=O)N(C)C2=O)ccc1O[C@@H](C)C(=O)O. The number of carboxylic acids is 1. The summed E-state index contributed by atoms with van der Waals surface area (Å²) in [4.78, 5) is 35.7. The Hall–Kier alpha value is -2.48. The van der Waals surface area contributed by atoms with Crippen LogP contribution in [0.15, 0.2) is 23.1 Å². The predicted octanol–water partition coefficient (Wildman–Crippen LogP) is 2.60. The second-order valence-corrected chi connectivity index (χ2v) is 5.97. The van der Waals surface area contributed by atoms with Crippen LogP contribution in [-0.2, 0) is 9.59 Å². The summed E-state index contributed by atoms with van der Waals surface area (Å²) < 4.78 is 10.8. The van der Waals surface area contributed by atoms with Crippen LogP contribution < -0.4 is 9.47 Å². The summed E-state index contributed by atoms with van der Waals surface area (Å²) >= 11 is 0.863. The number of aliphatic carboxylic acids is 1. The number of rotatable bonds is 6. The van der Waals surface area contributed by atoms with E-state index in [9.17, 15) is 14.4 Å². The molecular formula is C16H17NO6S. The Morgan fingerprint density at radius 3 is 2.62 bits per heavy atom. The van der Waals surface area contributed by atoms with E-state index in [0.717, 1.165) is 16.7 Å². The van der Waals surface area contributed by atoms with E-state index in [4.69, 9.17) is 14.6 Å². The van der Waals surface area contributed by atoms with Crippen LogP contribution in [0, 0.1) is 0 Å². The van der Waals surface area contributed by atoms with Gasteiger partial charge in [0, 0.05) is 7.05 Å². The van der Waals surface area contributed by atoms with Crippen molar-refractivity contribution < 1.29 is 29.0 Å². The van der Waals surface area contributed by atoms with Crippen molar-refractivity contribution in [3.63, 3.8) is 0 Å². The minimum Gasteiger partial charge on any atom is -0.490 e. The molecule has 0 radical (unpaired) electrons. The lowest BCUT2D eigenvalue weighted by molar-refractivity contribution is -0.144. The lowest BCUT2D eigenvalue weighted by Gasteiger charge is -2.15. The molecule has 2 rings (SSSR count). The third-order valence-electron chi connectivity index (χ3n) is 3.20. The molecule has 1 aliphatic heterocycles. The fraction of sp³-hybridized carbons (Fsp3) is 0.312. The third-order valence-corrected chi connectivity index (χ3v) is 4.16. The molecule has 0 aromatic heterocycles. The van der Waals surface area contributed by atoms with Gasteiger partial charge in [0.2, 0.25) is 0 Å². The number of carbonyl (C=O) groups excluding carboxylic acids is 2. The van der Waals surface area contributed by atoms with Crippen molar-refractivity contribution in [2.45, 2.75) is 20.0 Å². The fourth-order valence-electron chi connectivity index (χ4n) is 1.92. The quantitative estimate of drug-likeness (QED) is 0.787. The van der Waals surface area contributed by atoms with E-state index in [0.29, 0.717) is 28.6 Å². The molecule has 0 saturated carbocycles. The topological polar surface area (TPSA) is 93.1 Å².